The summed E-state index contributed by atoms with van der Waals surface area (Å²) in [4.78, 5) is 11.9. The third-order valence-electron chi connectivity index (χ3n) is 4.13. The summed E-state index contributed by atoms with van der Waals surface area (Å²) in [6, 6.07) is 10.1. The fourth-order valence-corrected chi connectivity index (χ4v) is 2.58. The summed E-state index contributed by atoms with van der Waals surface area (Å²) in [6.45, 7) is 9.39. The number of hydrogen-bond acceptors (Lipinski definition) is 2. The van der Waals surface area contributed by atoms with E-state index < -0.39 is 0 Å². The van der Waals surface area contributed by atoms with Crippen molar-refractivity contribution in [2.45, 2.75) is 33.3 Å². The van der Waals surface area contributed by atoms with Crippen LogP contribution in [-0.2, 0) is 16.1 Å². The molecule has 3 nitrogen and oxygen atoms in total. The van der Waals surface area contributed by atoms with Crippen LogP contribution < -0.4 is 5.32 Å². The number of amides is 1. The topological polar surface area (TPSA) is 38.3 Å². The standard InChI is InChI=1S/C17H23NO2/c1-13-17(2,3)15(16(19)18-13)10-7-11-20-12-14-8-5-4-6-9-14/h4-6,8-9,15H,1,7,10-12H2,2-3H3,(H,18,19)/t15-/m1/s1. The average Bonchev–Trinajstić information content (AvgIpc) is 2.61. The predicted octanol–water partition coefficient (Wildman–Crippen LogP) is 3.27. The van der Waals surface area contributed by atoms with Gasteiger partial charge in [-0.1, -0.05) is 50.8 Å². The highest BCUT2D eigenvalue weighted by atomic mass is 16.5. The predicted molar refractivity (Wildman–Crippen MR) is 79.9 cm³/mol. The van der Waals surface area contributed by atoms with E-state index in [-0.39, 0.29) is 17.2 Å². The Kier molecular flexibility index (Phi) is 4.61. The van der Waals surface area contributed by atoms with Crippen molar-refractivity contribution in [2.75, 3.05) is 6.61 Å². The van der Waals surface area contributed by atoms with Crippen LogP contribution in [0, 0.1) is 11.3 Å². The SMILES string of the molecule is C=C1NC(=O)[C@@H](CCCOCc2ccccc2)C1(C)C. The number of benzene rings is 1. The Morgan fingerprint density at radius 3 is 2.60 bits per heavy atom. The van der Waals surface area contributed by atoms with Gasteiger partial charge in [0.15, 0.2) is 0 Å². The number of ether oxygens (including phenoxy) is 1. The second-order valence-electron chi connectivity index (χ2n) is 5.92. The van der Waals surface area contributed by atoms with Gasteiger partial charge in [0.2, 0.25) is 5.91 Å². The number of nitrogens with one attached hydrogen (secondary N) is 1. The molecule has 1 N–H and O–H groups in total. The Bertz CT molecular complexity index is 479. The first-order chi connectivity index (χ1) is 9.51. The van der Waals surface area contributed by atoms with E-state index in [9.17, 15) is 4.79 Å². The van der Waals surface area contributed by atoms with E-state index in [1.165, 1.54) is 5.56 Å². The molecule has 1 amide bonds. The van der Waals surface area contributed by atoms with Crippen molar-refractivity contribution in [1.29, 1.82) is 0 Å². The lowest BCUT2D eigenvalue weighted by molar-refractivity contribution is -0.123. The molecule has 1 aromatic carbocycles. The van der Waals surface area contributed by atoms with Crippen molar-refractivity contribution in [3.63, 3.8) is 0 Å². The lowest BCUT2D eigenvalue weighted by Crippen LogP contribution is -2.24. The van der Waals surface area contributed by atoms with Crippen LogP contribution in [-0.4, -0.2) is 12.5 Å². The van der Waals surface area contributed by atoms with E-state index in [0.717, 1.165) is 18.5 Å². The summed E-state index contributed by atoms with van der Waals surface area (Å²) < 4.78 is 5.66. The van der Waals surface area contributed by atoms with Crippen molar-refractivity contribution in [2.24, 2.45) is 11.3 Å². The Morgan fingerprint density at radius 2 is 2.00 bits per heavy atom. The van der Waals surface area contributed by atoms with Crippen LogP contribution in [0.4, 0.5) is 0 Å². The molecule has 1 saturated heterocycles. The minimum absolute atomic E-state index is 0.00956. The van der Waals surface area contributed by atoms with Gasteiger partial charge in [0.25, 0.3) is 0 Å². The molecule has 20 heavy (non-hydrogen) atoms. The summed E-state index contributed by atoms with van der Waals surface area (Å²) in [5.41, 5.74) is 1.86. The normalized spacial score (nSPS) is 21.0. The van der Waals surface area contributed by atoms with E-state index in [1.807, 2.05) is 18.2 Å². The highest BCUT2D eigenvalue weighted by molar-refractivity contribution is 5.85. The third kappa shape index (κ3) is 3.28. The first-order valence-electron chi connectivity index (χ1n) is 7.13. The molecule has 0 aliphatic carbocycles. The monoisotopic (exact) mass is 273 g/mol. The molecule has 1 aromatic rings. The van der Waals surface area contributed by atoms with Crippen molar-refractivity contribution in [1.82, 2.24) is 5.32 Å². The summed E-state index contributed by atoms with van der Waals surface area (Å²) in [5, 5.41) is 2.85. The highest BCUT2D eigenvalue weighted by Crippen LogP contribution is 2.40. The molecule has 3 heteroatoms. The molecule has 1 aliphatic heterocycles. The Balaban J connectivity index is 1.71. The van der Waals surface area contributed by atoms with E-state index >= 15 is 0 Å². The van der Waals surface area contributed by atoms with Crippen LogP contribution in [0.15, 0.2) is 42.6 Å². The second kappa shape index (κ2) is 6.23. The zero-order chi connectivity index (χ0) is 14.6. The number of allylic oxidation sites excluding steroid dienone is 1. The molecule has 108 valence electrons. The zero-order valence-electron chi connectivity index (χ0n) is 12.3. The largest absolute Gasteiger partial charge is 0.377 e. The fourth-order valence-electron chi connectivity index (χ4n) is 2.58. The van der Waals surface area contributed by atoms with E-state index in [1.54, 1.807) is 0 Å². The molecule has 1 atom stereocenters. The summed E-state index contributed by atoms with van der Waals surface area (Å²) >= 11 is 0. The van der Waals surface area contributed by atoms with E-state index in [2.05, 4.69) is 37.9 Å². The van der Waals surface area contributed by atoms with Gasteiger partial charge in [-0.25, -0.2) is 0 Å². The maximum absolute atomic E-state index is 11.9. The zero-order valence-corrected chi connectivity index (χ0v) is 12.3. The summed E-state index contributed by atoms with van der Waals surface area (Å²) in [5.74, 6) is 0.110. The highest BCUT2D eigenvalue weighted by Gasteiger charge is 2.43. The fraction of sp³-hybridized carbons (Fsp3) is 0.471. The number of rotatable bonds is 6. The minimum Gasteiger partial charge on any atom is -0.377 e. The molecule has 0 spiro atoms. The van der Waals surface area contributed by atoms with Crippen LogP contribution in [0.3, 0.4) is 0 Å². The Labute approximate surface area is 121 Å². The third-order valence-corrected chi connectivity index (χ3v) is 4.13. The maximum atomic E-state index is 11.9. The van der Waals surface area contributed by atoms with Gasteiger partial charge in [-0.2, -0.15) is 0 Å². The van der Waals surface area contributed by atoms with Gasteiger partial charge < -0.3 is 10.1 Å². The number of carbonyl (C=O) groups is 1. The lowest BCUT2D eigenvalue weighted by atomic mass is 9.77. The molecule has 1 heterocycles. The molecule has 0 radical (unpaired) electrons. The molecule has 0 saturated carbocycles. The second-order valence-corrected chi connectivity index (χ2v) is 5.92. The molecule has 2 rings (SSSR count). The van der Waals surface area contributed by atoms with Gasteiger partial charge in [0, 0.05) is 23.6 Å². The minimum atomic E-state index is -0.156. The van der Waals surface area contributed by atoms with Crippen LogP contribution in [0.2, 0.25) is 0 Å². The van der Waals surface area contributed by atoms with Crippen LogP contribution in [0.1, 0.15) is 32.3 Å². The molecular weight excluding hydrogens is 250 g/mol. The number of carbonyl (C=O) groups excluding carboxylic acids is 1. The van der Waals surface area contributed by atoms with Gasteiger partial charge in [-0.3, -0.25) is 4.79 Å². The van der Waals surface area contributed by atoms with E-state index in [0.29, 0.717) is 13.2 Å². The van der Waals surface area contributed by atoms with Gasteiger partial charge in [-0.05, 0) is 18.4 Å². The quantitative estimate of drug-likeness (QED) is 0.808. The van der Waals surface area contributed by atoms with Gasteiger partial charge >= 0.3 is 0 Å². The van der Waals surface area contributed by atoms with Crippen molar-refractivity contribution in [3.05, 3.63) is 48.2 Å². The smallest absolute Gasteiger partial charge is 0.228 e. The van der Waals surface area contributed by atoms with Crippen LogP contribution in [0.5, 0.6) is 0 Å². The maximum Gasteiger partial charge on any atom is 0.228 e. The van der Waals surface area contributed by atoms with Crippen LogP contribution >= 0.6 is 0 Å². The van der Waals surface area contributed by atoms with Crippen molar-refractivity contribution >= 4 is 5.91 Å². The van der Waals surface area contributed by atoms with Gasteiger partial charge in [0.1, 0.15) is 0 Å². The number of hydrogen-bond donors (Lipinski definition) is 1. The van der Waals surface area contributed by atoms with Crippen LogP contribution in [0.25, 0.3) is 0 Å². The Morgan fingerprint density at radius 1 is 1.30 bits per heavy atom. The molecule has 0 unspecified atom stereocenters. The van der Waals surface area contributed by atoms with Crippen molar-refractivity contribution < 1.29 is 9.53 Å². The lowest BCUT2D eigenvalue weighted by Gasteiger charge is -2.24. The van der Waals surface area contributed by atoms with Crippen molar-refractivity contribution in [3.8, 4) is 0 Å². The molecular formula is C17H23NO2. The summed E-state index contributed by atoms with van der Waals surface area (Å²) in [6.07, 6.45) is 1.73. The molecule has 1 fully saturated rings. The van der Waals surface area contributed by atoms with E-state index in [4.69, 9.17) is 4.74 Å². The van der Waals surface area contributed by atoms with Gasteiger partial charge in [-0.15, -0.1) is 0 Å². The first kappa shape index (κ1) is 14.8. The average molecular weight is 273 g/mol. The molecule has 1 aliphatic rings. The first-order valence-corrected chi connectivity index (χ1v) is 7.13. The Hall–Kier alpha value is -1.61. The van der Waals surface area contributed by atoms with Gasteiger partial charge in [0.05, 0.1) is 6.61 Å². The summed E-state index contributed by atoms with van der Waals surface area (Å²) in [7, 11) is 0. The molecule has 0 bridgehead atoms. The molecule has 0 aromatic heterocycles.